The predicted molar refractivity (Wildman–Crippen MR) is 114 cm³/mol. The zero-order valence-electron chi connectivity index (χ0n) is 16.2. The molecule has 1 fully saturated rings. The number of aromatic nitrogens is 1. The highest BCUT2D eigenvalue weighted by molar-refractivity contribution is 7.80. The van der Waals surface area contributed by atoms with Gasteiger partial charge in [-0.05, 0) is 61.5 Å². The van der Waals surface area contributed by atoms with Gasteiger partial charge in [-0.25, -0.2) is 0 Å². The third-order valence-electron chi connectivity index (χ3n) is 4.98. The molecule has 5 nitrogen and oxygen atoms in total. The van der Waals surface area contributed by atoms with Gasteiger partial charge in [0.05, 0.1) is 12.6 Å². The zero-order chi connectivity index (χ0) is 19.2. The van der Waals surface area contributed by atoms with Gasteiger partial charge in [0.25, 0.3) is 5.56 Å². The Labute approximate surface area is 166 Å². The van der Waals surface area contributed by atoms with Crippen LogP contribution in [-0.4, -0.2) is 40.8 Å². The number of benzene rings is 1. The van der Waals surface area contributed by atoms with Crippen LogP contribution in [0.4, 0.5) is 0 Å². The summed E-state index contributed by atoms with van der Waals surface area (Å²) in [4.78, 5) is 17.7. The van der Waals surface area contributed by atoms with E-state index in [1.54, 1.807) is 0 Å². The summed E-state index contributed by atoms with van der Waals surface area (Å²) in [7, 11) is 0. The van der Waals surface area contributed by atoms with Crippen molar-refractivity contribution in [3.63, 3.8) is 0 Å². The number of aryl methyl sites for hydroxylation is 1. The highest BCUT2D eigenvalue weighted by atomic mass is 32.1. The van der Waals surface area contributed by atoms with Gasteiger partial charge in [-0.1, -0.05) is 25.5 Å². The largest absolute Gasteiger partial charge is 0.376 e. The number of aromatic amines is 1. The minimum Gasteiger partial charge on any atom is -0.376 e. The lowest BCUT2D eigenvalue weighted by atomic mass is 10.1. The average molecular weight is 388 g/mol. The van der Waals surface area contributed by atoms with Gasteiger partial charge in [0.15, 0.2) is 5.11 Å². The Morgan fingerprint density at radius 3 is 3.00 bits per heavy atom. The Kier molecular flexibility index (Phi) is 6.85. The molecule has 27 heavy (non-hydrogen) atoms. The fourth-order valence-electron chi connectivity index (χ4n) is 3.42. The van der Waals surface area contributed by atoms with Crippen molar-refractivity contribution in [2.75, 3.05) is 19.7 Å². The Morgan fingerprint density at radius 1 is 1.41 bits per heavy atom. The molecule has 6 heteroatoms. The number of hydrogen-bond donors (Lipinski definition) is 2. The molecule has 1 aromatic heterocycles. The van der Waals surface area contributed by atoms with Crippen LogP contribution in [0.15, 0.2) is 29.1 Å². The fourth-order valence-corrected chi connectivity index (χ4v) is 3.66. The second-order valence-electron chi connectivity index (χ2n) is 7.32. The number of rotatable bonds is 7. The van der Waals surface area contributed by atoms with Crippen molar-refractivity contribution in [3.8, 4) is 0 Å². The lowest BCUT2D eigenvalue weighted by Crippen LogP contribution is -2.44. The van der Waals surface area contributed by atoms with Gasteiger partial charge in [0, 0.05) is 30.8 Å². The smallest absolute Gasteiger partial charge is 0.253 e. The number of hydrogen-bond acceptors (Lipinski definition) is 3. The van der Waals surface area contributed by atoms with Crippen molar-refractivity contribution in [2.24, 2.45) is 0 Å². The molecule has 0 unspecified atom stereocenters. The summed E-state index contributed by atoms with van der Waals surface area (Å²) in [5.74, 6) is 0. The number of nitrogens with zero attached hydrogens (tertiary/aromatic N) is 1. The van der Waals surface area contributed by atoms with Crippen LogP contribution in [-0.2, 0) is 11.3 Å². The van der Waals surface area contributed by atoms with Crippen molar-refractivity contribution in [3.05, 3.63) is 45.7 Å². The standard InChI is InChI=1S/C21H29N3O2S/c1-3-4-9-22-21(27)24(14-18-6-5-10-26-18)13-17-12-16-8-7-15(2)11-19(16)23-20(17)25/h7-8,11-12,18H,3-6,9-10,13-14H2,1-2H3,(H,22,27)(H,23,25)/t18-/m0/s1. The van der Waals surface area contributed by atoms with E-state index in [0.717, 1.165) is 60.9 Å². The van der Waals surface area contributed by atoms with E-state index in [0.29, 0.717) is 18.2 Å². The van der Waals surface area contributed by atoms with Crippen LogP contribution in [0.2, 0.25) is 0 Å². The van der Waals surface area contributed by atoms with Crippen molar-refractivity contribution >= 4 is 28.2 Å². The van der Waals surface area contributed by atoms with Gasteiger partial charge in [0.2, 0.25) is 0 Å². The van der Waals surface area contributed by atoms with Crippen LogP contribution in [0.1, 0.15) is 43.7 Å². The number of fused-ring (bicyclic) bond motifs is 1. The van der Waals surface area contributed by atoms with Crippen molar-refractivity contribution in [2.45, 2.75) is 52.2 Å². The molecule has 3 rings (SSSR count). The molecule has 1 aliphatic rings. The van der Waals surface area contributed by atoms with Crippen LogP contribution in [0, 0.1) is 6.92 Å². The van der Waals surface area contributed by atoms with Crippen LogP contribution < -0.4 is 10.9 Å². The maximum Gasteiger partial charge on any atom is 0.253 e. The molecule has 2 heterocycles. The Morgan fingerprint density at radius 2 is 2.26 bits per heavy atom. The Bertz CT molecular complexity index is 843. The maximum atomic E-state index is 12.6. The van der Waals surface area contributed by atoms with Crippen LogP contribution >= 0.6 is 12.2 Å². The van der Waals surface area contributed by atoms with Crippen molar-refractivity contribution in [1.29, 1.82) is 0 Å². The molecule has 0 radical (unpaired) electrons. The second kappa shape index (κ2) is 9.33. The summed E-state index contributed by atoms with van der Waals surface area (Å²) < 4.78 is 5.80. The topological polar surface area (TPSA) is 57.4 Å². The SMILES string of the molecule is CCCCNC(=S)N(Cc1cc2ccc(C)cc2[nH]c1=O)C[C@@H]1CCCO1. The van der Waals surface area contributed by atoms with E-state index in [2.05, 4.69) is 28.2 Å². The average Bonchev–Trinajstić information content (AvgIpc) is 3.15. The van der Waals surface area contributed by atoms with E-state index in [9.17, 15) is 4.79 Å². The third-order valence-corrected chi connectivity index (χ3v) is 5.38. The molecule has 2 N–H and O–H groups in total. The molecule has 0 saturated carbocycles. The number of thiocarbonyl (C=S) groups is 1. The normalized spacial score (nSPS) is 16.6. The minimum absolute atomic E-state index is 0.0539. The van der Waals surface area contributed by atoms with E-state index in [-0.39, 0.29) is 11.7 Å². The first-order chi connectivity index (χ1) is 13.1. The first kappa shape index (κ1) is 19.8. The summed E-state index contributed by atoms with van der Waals surface area (Å²) in [5, 5.41) is 5.07. The number of nitrogens with one attached hydrogen (secondary N) is 2. The maximum absolute atomic E-state index is 12.6. The molecule has 0 amide bonds. The number of pyridine rings is 1. The molecule has 146 valence electrons. The minimum atomic E-state index is -0.0539. The lowest BCUT2D eigenvalue weighted by Gasteiger charge is -2.28. The number of ether oxygens (including phenoxy) is 1. The molecule has 0 aliphatic carbocycles. The molecular formula is C21H29N3O2S. The molecule has 0 bridgehead atoms. The van der Waals surface area contributed by atoms with Crippen molar-refractivity contribution < 1.29 is 4.74 Å². The number of H-pyrrole nitrogens is 1. The van der Waals surface area contributed by atoms with Gasteiger partial charge in [-0.2, -0.15) is 0 Å². The van der Waals surface area contributed by atoms with Crippen molar-refractivity contribution in [1.82, 2.24) is 15.2 Å². The summed E-state index contributed by atoms with van der Waals surface area (Å²) in [6.45, 7) is 7.04. The molecule has 1 saturated heterocycles. The zero-order valence-corrected chi connectivity index (χ0v) is 17.0. The van der Waals surface area contributed by atoms with Gasteiger partial charge < -0.3 is 19.9 Å². The molecular weight excluding hydrogens is 358 g/mol. The molecule has 1 atom stereocenters. The van der Waals surface area contributed by atoms with E-state index >= 15 is 0 Å². The first-order valence-corrected chi connectivity index (χ1v) is 10.2. The lowest BCUT2D eigenvalue weighted by molar-refractivity contribution is 0.0897. The molecule has 0 spiro atoms. The van der Waals surface area contributed by atoms with Gasteiger partial charge in [-0.3, -0.25) is 4.79 Å². The van der Waals surface area contributed by atoms with Crippen LogP contribution in [0.3, 0.4) is 0 Å². The molecule has 1 aromatic carbocycles. The predicted octanol–water partition coefficient (Wildman–Crippen LogP) is 3.49. The summed E-state index contributed by atoms with van der Waals surface area (Å²) in [5.41, 5.74) is 2.68. The molecule has 2 aromatic rings. The van der Waals surface area contributed by atoms with Gasteiger partial charge in [0.1, 0.15) is 0 Å². The van der Waals surface area contributed by atoms with E-state index in [1.807, 2.05) is 25.1 Å². The van der Waals surface area contributed by atoms with Crippen LogP contribution in [0.5, 0.6) is 0 Å². The highest BCUT2D eigenvalue weighted by Gasteiger charge is 2.22. The quantitative estimate of drug-likeness (QED) is 0.563. The summed E-state index contributed by atoms with van der Waals surface area (Å²) in [6, 6.07) is 8.09. The van der Waals surface area contributed by atoms with Crippen LogP contribution in [0.25, 0.3) is 10.9 Å². The Hall–Kier alpha value is -1.92. The van der Waals surface area contributed by atoms with Gasteiger partial charge >= 0.3 is 0 Å². The van der Waals surface area contributed by atoms with E-state index < -0.39 is 0 Å². The molecule has 1 aliphatic heterocycles. The summed E-state index contributed by atoms with van der Waals surface area (Å²) >= 11 is 5.63. The highest BCUT2D eigenvalue weighted by Crippen LogP contribution is 2.17. The Balaban J connectivity index is 1.80. The first-order valence-electron chi connectivity index (χ1n) is 9.83. The van der Waals surface area contributed by atoms with E-state index in [1.165, 1.54) is 0 Å². The third kappa shape index (κ3) is 5.30. The summed E-state index contributed by atoms with van der Waals surface area (Å²) in [6.07, 6.45) is 4.50. The fraction of sp³-hybridized carbons (Fsp3) is 0.524. The number of unbranched alkanes of at least 4 members (excludes halogenated alkanes) is 1. The second-order valence-corrected chi connectivity index (χ2v) is 7.70. The monoisotopic (exact) mass is 387 g/mol. The van der Waals surface area contributed by atoms with Gasteiger partial charge in [-0.15, -0.1) is 0 Å². The van der Waals surface area contributed by atoms with E-state index in [4.69, 9.17) is 17.0 Å².